The van der Waals surface area contributed by atoms with Crippen LogP contribution < -0.4 is 0 Å². The number of nitro groups is 1. The predicted molar refractivity (Wildman–Crippen MR) is 103 cm³/mol. The Hall–Kier alpha value is -3.00. The zero-order valence-corrected chi connectivity index (χ0v) is 15.7. The molecule has 0 saturated heterocycles. The first-order valence-corrected chi connectivity index (χ1v) is 9.17. The van der Waals surface area contributed by atoms with Crippen molar-refractivity contribution in [2.75, 3.05) is 0 Å². The monoisotopic (exact) mass is 382 g/mol. The Bertz CT molecular complexity index is 971. The van der Waals surface area contributed by atoms with Crippen LogP contribution in [0.25, 0.3) is 0 Å². The van der Waals surface area contributed by atoms with Crippen molar-refractivity contribution < 1.29 is 9.72 Å². The second kappa shape index (κ2) is 8.13. The molecule has 0 saturated carbocycles. The van der Waals surface area contributed by atoms with Crippen molar-refractivity contribution in [3.63, 3.8) is 0 Å². The molecule has 1 atom stereocenters. The maximum atomic E-state index is 11.4. The average Bonchev–Trinajstić information content (AvgIpc) is 3.11. The zero-order valence-electron chi connectivity index (χ0n) is 14.9. The van der Waals surface area contributed by atoms with Gasteiger partial charge in [-0.1, -0.05) is 31.7 Å². The lowest BCUT2D eigenvalue weighted by Gasteiger charge is -2.22. The summed E-state index contributed by atoms with van der Waals surface area (Å²) in [5, 5.41) is 11.0. The fraction of sp³-hybridized carbons (Fsp3) is 0.211. The molecule has 138 valence electrons. The van der Waals surface area contributed by atoms with E-state index in [1.165, 1.54) is 22.4 Å². The number of rotatable bonds is 7. The van der Waals surface area contributed by atoms with Gasteiger partial charge >= 0.3 is 0 Å². The van der Waals surface area contributed by atoms with Crippen molar-refractivity contribution in [1.29, 1.82) is 0 Å². The Kier molecular flexibility index (Phi) is 5.66. The number of non-ortho nitro benzene ring substituents is 1. The third-order valence-electron chi connectivity index (χ3n) is 4.16. The van der Waals surface area contributed by atoms with Crippen LogP contribution in [0.4, 0.5) is 5.69 Å². The van der Waals surface area contributed by atoms with E-state index < -0.39 is 4.92 Å². The Morgan fingerprint density at radius 3 is 2.78 bits per heavy atom. The van der Waals surface area contributed by atoms with Gasteiger partial charge in [-0.25, -0.2) is 4.98 Å². The van der Waals surface area contributed by atoms with Crippen molar-refractivity contribution >= 4 is 23.9 Å². The van der Waals surface area contributed by atoms with Gasteiger partial charge in [-0.2, -0.15) is 0 Å². The zero-order chi connectivity index (χ0) is 19.4. The van der Waals surface area contributed by atoms with Gasteiger partial charge in [0, 0.05) is 52.6 Å². The molecule has 0 radical (unpaired) electrons. The summed E-state index contributed by atoms with van der Waals surface area (Å²) < 4.78 is 1.47. The molecule has 8 heteroatoms. The molecule has 3 aromatic rings. The maximum absolute atomic E-state index is 11.4. The van der Waals surface area contributed by atoms with Gasteiger partial charge in [0.2, 0.25) is 6.41 Å². The Morgan fingerprint density at radius 1 is 1.26 bits per heavy atom. The van der Waals surface area contributed by atoms with Crippen LogP contribution in [0.1, 0.15) is 31.2 Å². The minimum Gasteiger partial charge on any atom is -0.278 e. The molecule has 0 spiro atoms. The Morgan fingerprint density at radius 2 is 2.07 bits per heavy atom. The summed E-state index contributed by atoms with van der Waals surface area (Å²) in [7, 11) is 0. The quantitative estimate of drug-likeness (QED) is 0.346. The SMILES string of the molecule is CC(C)C(c1cnccc1Sc1cccc([N+](=O)[O-])c1)c1nccn1C=O. The van der Waals surface area contributed by atoms with Gasteiger partial charge in [-0.15, -0.1) is 0 Å². The van der Waals surface area contributed by atoms with Crippen molar-refractivity contribution in [2.45, 2.75) is 29.6 Å². The number of imidazole rings is 1. The van der Waals surface area contributed by atoms with E-state index in [1.807, 2.05) is 12.1 Å². The highest BCUT2D eigenvalue weighted by Gasteiger charge is 2.26. The summed E-state index contributed by atoms with van der Waals surface area (Å²) in [5.74, 6) is 0.675. The van der Waals surface area contributed by atoms with Crippen LogP contribution in [-0.4, -0.2) is 25.9 Å². The predicted octanol–water partition coefficient (Wildman–Crippen LogP) is 4.16. The first-order valence-electron chi connectivity index (χ1n) is 8.35. The molecular weight excluding hydrogens is 364 g/mol. The third-order valence-corrected chi connectivity index (χ3v) is 5.24. The van der Waals surface area contributed by atoms with Crippen LogP contribution in [0.3, 0.4) is 0 Å². The van der Waals surface area contributed by atoms with Gasteiger partial charge in [-0.3, -0.25) is 24.5 Å². The summed E-state index contributed by atoms with van der Waals surface area (Å²) >= 11 is 1.43. The minimum absolute atomic E-state index is 0.0486. The second-order valence-corrected chi connectivity index (χ2v) is 7.41. The third kappa shape index (κ3) is 4.06. The Balaban J connectivity index is 2.03. The van der Waals surface area contributed by atoms with Crippen LogP contribution in [0.15, 0.2) is 64.9 Å². The van der Waals surface area contributed by atoms with E-state index in [2.05, 4.69) is 23.8 Å². The van der Waals surface area contributed by atoms with Crippen LogP contribution in [0.2, 0.25) is 0 Å². The molecule has 1 aromatic carbocycles. The van der Waals surface area contributed by atoms with Gasteiger partial charge in [0.05, 0.1) is 4.92 Å². The summed E-state index contributed by atoms with van der Waals surface area (Å²) in [6, 6.07) is 8.39. The van der Waals surface area contributed by atoms with E-state index in [-0.39, 0.29) is 17.5 Å². The van der Waals surface area contributed by atoms with E-state index in [0.29, 0.717) is 5.82 Å². The Labute approximate surface area is 160 Å². The molecule has 0 fully saturated rings. The number of hydrogen-bond acceptors (Lipinski definition) is 6. The summed E-state index contributed by atoms with van der Waals surface area (Å²) in [6.45, 7) is 4.12. The van der Waals surface area contributed by atoms with Crippen LogP contribution in [0, 0.1) is 16.0 Å². The van der Waals surface area contributed by atoms with Crippen LogP contribution in [0.5, 0.6) is 0 Å². The lowest BCUT2D eigenvalue weighted by Crippen LogP contribution is -2.16. The molecule has 2 aromatic heterocycles. The second-order valence-electron chi connectivity index (χ2n) is 6.29. The lowest BCUT2D eigenvalue weighted by atomic mass is 9.88. The normalized spacial score (nSPS) is 12.1. The molecule has 0 bridgehead atoms. The molecule has 0 aliphatic heterocycles. The van der Waals surface area contributed by atoms with E-state index in [1.54, 1.807) is 36.9 Å². The van der Waals surface area contributed by atoms with Gasteiger partial charge in [0.25, 0.3) is 5.69 Å². The molecular formula is C19H18N4O3S. The van der Waals surface area contributed by atoms with Crippen molar-refractivity contribution in [3.8, 4) is 0 Å². The lowest BCUT2D eigenvalue weighted by molar-refractivity contribution is -0.385. The topological polar surface area (TPSA) is 90.9 Å². The number of nitrogens with zero attached hydrogens (tertiary/aromatic N) is 4. The van der Waals surface area contributed by atoms with Crippen molar-refractivity contribution in [2.24, 2.45) is 5.92 Å². The highest BCUT2D eigenvalue weighted by Crippen LogP contribution is 2.39. The molecule has 1 unspecified atom stereocenters. The maximum Gasteiger partial charge on any atom is 0.270 e. The van der Waals surface area contributed by atoms with Crippen molar-refractivity contribution in [1.82, 2.24) is 14.5 Å². The fourth-order valence-electron chi connectivity index (χ4n) is 2.96. The van der Waals surface area contributed by atoms with E-state index >= 15 is 0 Å². The number of hydrogen-bond donors (Lipinski definition) is 0. The van der Waals surface area contributed by atoms with Gasteiger partial charge in [0.1, 0.15) is 5.82 Å². The van der Waals surface area contributed by atoms with Gasteiger partial charge in [-0.05, 0) is 23.6 Å². The number of nitro benzene ring substituents is 1. The molecule has 0 N–H and O–H groups in total. The smallest absolute Gasteiger partial charge is 0.270 e. The first-order chi connectivity index (χ1) is 13.0. The number of benzene rings is 1. The van der Waals surface area contributed by atoms with Gasteiger partial charge in [0.15, 0.2) is 0 Å². The van der Waals surface area contributed by atoms with Crippen LogP contribution in [-0.2, 0) is 4.79 Å². The van der Waals surface area contributed by atoms with Gasteiger partial charge < -0.3 is 0 Å². The summed E-state index contributed by atoms with van der Waals surface area (Å²) in [5.41, 5.74) is 0.978. The number of aromatic nitrogens is 3. The minimum atomic E-state index is -0.407. The molecule has 7 nitrogen and oxygen atoms in total. The van der Waals surface area contributed by atoms with E-state index in [0.717, 1.165) is 21.8 Å². The van der Waals surface area contributed by atoms with E-state index in [9.17, 15) is 14.9 Å². The highest BCUT2D eigenvalue weighted by molar-refractivity contribution is 7.99. The molecule has 0 aliphatic rings. The molecule has 27 heavy (non-hydrogen) atoms. The number of carbonyl (C=O) groups is 1. The standard InChI is InChI=1S/C19H18N4O3S/c1-13(2)18(19-21-8-9-22(19)12-24)16-11-20-7-6-17(16)27-15-5-3-4-14(10-15)23(25)26/h3-13,18H,1-2H3. The summed E-state index contributed by atoms with van der Waals surface area (Å²) in [6.07, 6.45) is 7.42. The largest absolute Gasteiger partial charge is 0.278 e. The number of pyridine rings is 1. The highest BCUT2D eigenvalue weighted by atomic mass is 32.2. The molecule has 0 aliphatic carbocycles. The molecule has 3 rings (SSSR count). The first kappa shape index (κ1) is 18.8. The average molecular weight is 382 g/mol. The summed E-state index contributed by atoms with van der Waals surface area (Å²) in [4.78, 5) is 32.3. The van der Waals surface area contributed by atoms with Crippen LogP contribution >= 0.6 is 11.8 Å². The fourth-order valence-corrected chi connectivity index (χ4v) is 3.97. The molecule has 2 heterocycles. The van der Waals surface area contributed by atoms with Crippen molar-refractivity contribution in [3.05, 3.63) is 76.6 Å². The number of carbonyl (C=O) groups excluding carboxylic acids is 1. The van der Waals surface area contributed by atoms with E-state index in [4.69, 9.17) is 0 Å². The molecule has 0 amide bonds.